The second-order valence-corrected chi connectivity index (χ2v) is 6.36. The van der Waals surface area contributed by atoms with Crippen molar-refractivity contribution in [3.8, 4) is 0 Å². The number of nitrogens with zero attached hydrogens (tertiary/aromatic N) is 2. The quantitative estimate of drug-likeness (QED) is 0.922. The van der Waals surface area contributed by atoms with E-state index in [9.17, 15) is 4.79 Å². The fraction of sp³-hybridized carbons (Fsp3) is 0.588. The molecule has 1 aromatic rings. The Morgan fingerprint density at radius 2 is 1.81 bits per heavy atom. The Morgan fingerprint density at radius 1 is 1.24 bits per heavy atom. The molecule has 1 aromatic carbocycles. The molecule has 1 N–H and O–H groups in total. The summed E-state index contributed by atoms with van der Waals surface area (Å²) in [6.07, 6.45) is 0. The van der Waals surface area contributed by atoms with Gasteiger partial charge in [-0.1, -0.05) is 18.2 Å². The molecule has 0 aliphatic carbocycles. The number of hydrogen-bond donors (Lipinski definition) is 1. The van der Waals surface area contributed by atoms with Crippen LogP contribution in [0.5, 0.6) is 0 Å². The minimum Gasteiger partial charge on any atom is -0.309 e. The maximum absolute atomic E-state index is 12.7. The van der Waals surface area contributed by atoms with Gasteiger partial charge in [-0.15, -0.1) is 0 Å². The van der Waals surface area contributed by atoms with Crippen molar-refractivity contribution < 1.29 is 4.79 Å². The summed E-state index contributed by atoms with van der Waals surface area (Å²) in [6, 6.07) is 11.0. The molecule has 116 valence electrons. The number of anilines is 1. The number of carbonyl (C=O) groups is 1. The molecule has 1 saturated heterocycles. The Balaban J connectivity index is 2.06. The number of para-hydroxylation sites is 1. The largest absolute Gasteiger partial charge is 0.309 e. The SMILES string of the molecule is CC1CN(CC(=O)N(c2ccccc2)C(C)C)CC(C)N1. The van der Waals surface area contributed by atoms with Crippen molar-refractivity contribution in [2.24, 2.45) is 0 Å². The average Bonchev–Trinajstić information content (AvgIpc) is 2.38. The zero-order valence-corrected chi connectivity index (χ0v) is 13.5. The molecule has 0 aromatic heterocycles. The van der Waals surface area contributed by atoms with Crippen molar-refractivity contribution in [3.05, 3.63) is 30.3 Å². The first-order chi connectivity index (χ1) is 9.97. The van der Waals surface area contributed by atoms with Gasteiger partial charge in [-0.3, -0.25) is 9.69 Å². The second-order valence-electron chi connectivity index (χ2n) is 6.36. The summed E-state index contributed by atoms with van der Waals surface area (Å²) in [5, 5.41) is 3.50. The van der Waals surface area contributed by atoms with Crippen molar-refractivity contribution in [2.75, 3.05) is 24.5 Å². The lowest BCUT2D eigenvalue weighted by Crippen LogP contribution is -2.56. The Morgan fingerprint density at radius 3 is 2.33 bits per heavy atom. The van der Waals surface area contributed by atoms with Crippen LogP contribution < -0.4 is 10.2 Å². The molecule has 2 unspecified atom stereocenters. The molecule has 2 atom stereocenters. The number of carbonyl (C=O) groups excluding carboxylic acids is 1. The molecular formula is C17H27N3O. The summed E-state index contributed by atoms with van der Waals surface area (Å²) in [5.74, 6) is 0.178. The zero-order chi connectivity index (χ0) is 15.4. The summed E-state index contributed by atoms with van der Waals surface area (Å²) >= 11 is 0. The fourth-order valence-electron chi connectivity index (χ4n) is 3.16. The van der Waals surface area contributed by atoms with E-state index in [2.05, 4.69) is 37.9 Å². The van der Waals surface area contributed by atoms with Gasteiger partial charge in [-0.05, 0) is 39.8 Å². The fourth-order valence-corrected chi connectivity index (χ4v) is 3.16. The third-order valence-electron chi connectivity index (χ3n) is 3.81. The normalized spacial score (nSPS) is 23.3. The Hall–Kier alpha value is -1.39. The zero-order valence-electron chi connectivity index (χ0n) is 13.5. The van der Waals surface area contributed by atoms with Crippen LogP contribution in [0.1, 0.15) is 27.7 Å². The molecule has 1 fully saturated rings. The van der Waals surface area contributed by atoms with Crippen LogP contribution >= 0.6 is 0 Å². The Labute approximate surface area is 128 Å². The van der Waals surface area contributed by atoms with Gasteiger partial charge in [0.15, 0.2) is 0 Å². The highest BCUT2D eigenvalue weighted by molar-refractivity contribution is 5.95. The first kappa shape index (κ1) is 16.0. The number of benzene rings is 1. The molecule has 2 rings (SSSR count). The van der Waals surface area contributed by atoms with Crippen molar-refractivity contribution in [1.29, 1.82) is 0 Å². The third kappa shape index (κ3) is 4.29. The van der Waals surface area contributed by atoms with E-state index >= 15 is 0 Å². The van der Waals surface area contributed by atoms with E-state index in [4.69, 9.17) is 0 Å². The summed E-state index contributed by atoms with van der Waals surface area (Å²) in [4.78, 5) is 16.9. The number of hydrogen-bond acceptors (Lipinski definition) is 3. The number of nitrogens with one attached hydrogen (secondary N) is 1. The molecule has 0 spiro atoms. The molecule has 0 bridgehead atoms. The number of rotatable bonds is 4. The highest BCUT2D eigenvalue weighted by Gasteiger charge is 2.26. The van der Waals surface area contributed by atoms with Gasteiger partial charge >= 0.3 is 0 Å². The summed E-state index contributed by atoms with van der Waals surface area (Å²) in [6.45, 7) is 10.8. The smallest absolute Gasteiger partial charge is 0.241 e. The van der Waals surface area contributed by atoms with Crippen LogP contribution in [0.15, 0.2) is 30.3 Å². The van der Waals surface area contributed by atoms with Crippen LogP contribution in [0.25, 0.3) is 0 Å². The lowest BCUT2D eigenvalue weighted by atomic mass is 10.1. The average molecular weight is 289 g/mol. The lowest BCUT2D eigenvalue weighted by Gasteiger charge is -2.37. The van der Waals surface area contributed by atoms with Gasteiger partial charge in [0.05, 0.1) is 6.54 Å². The van der Waals surface area contributed by atoms with Crippen LogP contribution in [0.2, 0.25) is 0 Å². The highest BCUT2D eigenvalue weighted by atomic mass is 16.2. The van der Waals surface area contributed by atoms with E-state index in [1.165, 1.54) is 0 Å². The predicted molar refractivity (Wildman–Crippen MR) is 87.6 cm³/mol. The van der Waals surface area contributed by atoms with Gasteiger partial charge in [0.1, 0.15) is 0 Å². The monoisotopic (exact) mass is 289 g/mol. The summed E-state index contributed by atoms with van der Waals surface area (Å²) in [7, 11) is 0. The lowest BCUT2D eigenvalue weighted by molar-refractivity contribution is -0.120. The molecule has 1 amide bonds. The molecule has 1 heterocycles. The topological polar surface area (TPSA) is 35.6 Å². The van der Waals surface area contributed by atoms with Gasteiger partial charge in [-0.2, -0.15) is 0 Å². The molecule has 1 aliphatic rings. The van der Waals surface area contributed by atoms with Crippen molar-refractivity contribution in [3.63, 3.8) is 0 Å². The Bertz CT molecular complexity index is 450. The maximum Gasteiger partial charge on any atom is 0.241 e. The van der Waals surface area contributed by atoms with E-state index < -0.39 is 0 Å². The van der Waals surface area contributed by atoms with Crippen LogP contribution in [-0.4, -0.2) is 48.6 Å². The van der Waals surface area contributed by atoms with Gasteiger partial charge in [0.2, 0.25) is 5.91 Å². The minimum atomic E-state index is 0.165. The first-order valence-electron chi connectivity index (χ1n) is 7.83. The van der Waals surface area contributed by atoms with Gasteiger partial charge < -0.3 is 10.2 Å². The second kappa shape index (κ2) is 7.05. The van der Waals surface area contributed by atoms with Crippen LogP contribution in [-0.2, 0) is 4.79 Å². The highest BCUT2D eigenvalue weighted by Crippen LogP contribution is 2.17. The molecule has 0 radical (unpaired) electrons. The van der Waals surface area contributed by atoms with E-state index in [0.29, 0.717) is 18.6 Å². The number of piperazine rings is 1. The van der Waals surface area contributed by atoms with E-state index in [-0.39, 0.29) is 11.9 Å². The maximum atomic E-state index is 12.7. The van der Waals surface area contributed by atoms with Crippen molar-refractivity contribution >= 4 is 11.6 Å². The predicted octanol–water partition coefficient (Wildman–Crippen LogP) is 2.11. The molecule has 0 saturated carbocycles. The standard InChI is InChI=1S/C17H27N3O/c1-13(2)20(16-8-6-5-7-9-16)17(21)12-19-10-14(3)18-15(4)11-19/h5-9,13-15,18H,10-12H2,1-4H3. The van der Waals surface area contributed by atoms with Crippen LogP contribution in [0, 0.1) is 0 Å². The third-order valence-corrected chi connectivity index (χ3v) is 3.81. The number of amides is 1. The molecule has 1 aliphatic heterocycles. The summed E-state index contributed by atoms with van der Waals surface area (Å²) in [5.41, 5.74) is 0.980. The van der Waals surface area contributed by atoms with Crippen molar-refractivity contribution in [1.82, 2.24) is 10.2 Å². The molecule has 21 heavy (non-hydrogen) atoms. The Kier molecular flexibility index (Phi) is 5.37. The van der Waals surface area contributed by atoms with E-state index in [1.54, 1.807) is 0 Å². The molecular weight excluding hydrogens is 262 g/mol. The minimum absolute atomic E-state index is 0.165. The summed E-state index contributed by atoms with van der Waals surface area (Å²) < 4.78 is 0. The van der Waals surface area contributed by atoms with E-state index in [1.807, 2.05) is 35.2 Å². The van der Waals surface area contributed by atoms with E-state index in [0.717, 1.165) is 18.8 Å². The van der Waals surface area contributed by atoms with Crippen molar-refractivity contribution in [2.45, 2.75) is 45.8 Å². The van der Waals surface area contributed by atoms with Crippen LogP contribution in [0.3, 0.4) is 0 Å². The molecule has 4 heteroatoms. The van der Waals surface area contributed by atoms with Gasteiger partial charge in [0, 0.05) is 36.9 Å². The van der Waals surface area contributed by atoms with Crippen LogP contribution in [0.4, 0.5) is 5.69 Å². The van der Waals surface area contributed by atoms with Gasteiger partial charge in [-0.25, -0.2) is 0 Å². The first-order valence-corrected chi connectivity index (χ1v) is 7.83. The molecule has 4 nitrogen and oxygen atoms in total. The van der Waals surface area contributed by atoms with Gasteiger partial charge in [0.25, 0.3) is 0 Å².